The van der Waals surface area contributed by atoms with Gasteiger partial charge < -0.3 is 34.0 Å². The minimum atomic E-state index is -3.91. The second-order valence-electron chi connectivity index (χ2n) is 13.9. The second kappa shape index (κ2) is 7.07. The van der Waals surface area contributed by atoms with E-state index in [2.05, 4.69) is 11.6 Å². The Balaban J connectivity index is 1.54. The molecule has 1 aromatic heterocycles. The van der Waals surface area contributed by atoms with E-state index >= 15 is 0 Å². The first-order valence-electron chi connectivity index (χ1n) is 14.5. The lowest BCUT2D eigenvalue weighted by atomic mass is 9.51. The number of H-pyrrole nitrogens is 1. The van der Waals surface area contributed by atoms with Gasteiger partial charge in [-0.1, -0.05) is 34.3 Å². The summed E-state index contributed by atoms with van der Waals surface area (Å²) in [4.78, 5) is 16.7. The maximum absolute atomic E-state index is 14.3. The first-order valence-corrected chi connectivity index (χ1v) is 16.5. The molecular weight excluding hydrogens is 552 g/mol. The van der Waals surface area contributed by atoms with Gasteiger partial charge in [0.2, 0.25) is 0 Å². The molecule has 8 fully saturated rings. The van der Waals surface area contributed by atoms with Gasteiger partial charge in [0.05, 0.1) is 11.0 Å². The summed E-state index contributed by atoms with van der Waals surface area (Å²) >= 11 is 0. The van der Waals surface area contributed by atoms with E-state index in [4.69, 9.17) is 27.8 Å². The molecule has 0 aromatic carbocycles. The van der Waals surface area contributed by atoms with Crippen LogP contribution in [0, 0.1) is 16.7 Å². The lowest BCUT2D eigenvalue weighted by molar-refractivity contribution is -0.385. The molecule has 7 bridgehead atoms. The Hall–Kier alpha value is -1.50. The summed E-state index contributed by atoms with van der Waals surface area (Å²) in [7, 11) is -4.71. The van der Waals surface area contributed by atoms with Gasteiger partial charge in [0.15, 0.2) is 23.1 Å². The molecule has 0 amide bonds. The zero-order chi connectivity index (χ0) is 29.4. The van der Waals surface area contributed by atoms with Crippen molar-refractivity contribution in [2.24, 2.45) is 16.7 Å². The van der Waals surface area contributed by atoms with Crippen LogP contribution in [0.4, 0.5) is 0 Å². The summed E-state index contributed by atoms with van der Waals surface area (Å²) in [5, 5.41) is 26.0. The van der Waals surface area contributed by atoms with Crippen LogP contribution in [-0.2, 0) is 32.4 Å². The van der Waals surface area contributed by atoms with Crippen molar-refractivity contribution >= 4 is 20.7 Å². The van der Waals surface area contributed by atoms with Crippen molar-refractivity contribution in [3.05, 3.63) is 36.2 Å². The van der Waals surface area contributed by atoms with Crippen LogP contribution in [-0.4, -0.2) is 80.9 Å². The summed E-state index contributed by atoms with van der Waals surface area (Å²) in [6, 6.07) is 3.27. The molecule has 0 unspecified atom stereocenters. The number of ether oxygens (including phenoxy) is 2. The fourth-order valence-electron chi connectivity index (χ4n) is 11.2. The first kappa shape index (κ1) is 27.1. The van der Waals surface area contributed by atoms with E-state index in [-0.39, 0.29) is 12.1 Å². The van der Waals surface area contributed by atoms with Gasteiger partial charge in [0, 0.05) is 24.7 Å². The molecule has 13 heteroatoms. The predicted octanol–water partition coefficient (Wildman–Crippen LogP) is 3.19. The number of hydrogen-bond acceptors (Lipinski definition) is 10. The number of carbonyl (C=O) groups excluding carboxylic acids is 1. The Kier molecular flexibility index (Phi) is 4.67. The lowest BCUT2D eigenvalue weighted by Crippen LogP contribution is -2.78. The van der Waals surface area contributed by atoms with Gasteiger partial charge in [0.1, 0.15) is 23.0 Å². The number of aromatic amines is 1. The summed E-state index contributed by atoms with van der Waals surface area (Å²) in [6.45, 7) is 14.8. The Bertz CT molecular complexity index is 1470. The Morgan fingerprint density at radius 2 is 2.02 bits per heavy atom. The van der Waals surface area contributed by atoms with Crippen molar-refractivity contribution in [3.8, 4) is 0 Å². The quantitative estimate of drug-likeness (QED) is 0.207. The van der Waals surface area contributed by atoms with Crippen molar-refractivity contribution in [1.29, 1.82) is 0 Å². The number of aromatic nitrogens is 1. The molecule has 11 atom stereocenters. The van der Waals surface area contributed by atoms with Gasteiger partial charge in [-0.2, -0.15) is 0 Å². The van der Waals surface area contributed by atoms with Gasteiger partial charge in [-0.25, -0.2) is 4.79 Å². The van der Waals surface area contributed by atoms with E-state index in [0.717, 1.165) is 0 Å². The van der Waals surface area contributed by atoms with E-state index in [1.54, 1.807) is 39.1 Å². The van der Waals surface area contributed by atoms with Crippen LogP contribution in [0.3, 0.4) is 0 Å². The van der Waals surface area contributed by atoms with E-state index in [1.807, 2.05) is 13.8 Å². The maximum Gasteiger partial charge on any atom is 0.457 e. The fraction of sp³-hybridized carbons (Fsp3) is 0.750. The lowest BCUT2D eigenvalue weighted by Gasteiger charge is -2.65. The predicted molar refractivity (Wildman–Crippen MR) is 144 cm³/mol. The molecule has 41 heavy (non-hydrogen) atoms. The van der Waals surface area contributed by atoms with Crippen molar-refractivity contribution in [2.75, 3.05) is 6.66 Å². The van der Waals surface area contributed by atoms with E-state index in [9.17, 15) is 19.6 Å². The summed E-state index contributed by atoms with van der Waals surface area (Å²) < 4.78 is 54.6. The van der Waals surface area contributed by atoms with Crippen LogP contribution in [0.25, 0.3) is 0 Å². The van der Waals surface area contributed by atoms with E-state index < -0.39 is 83.4 Å². The highest BCUT2D eigenvalue weighted by atomic mass is 31.2. The molecule has 4 spiro atoms. The number of carbonyl (C=O) groups is 1. The van der Waals surface area contributed by atoms with Crippen LogP contribution < -0.4 is 0 Å². The number of esters is 1. The Morgan fingerprint density at radius 3 is 2.66 bits per heavy atom. The average molecular weight is 589 g/mol. The molecule has 4 saturated carbocycles. The number of rotatable bonds is 4. The molecular formula is C28H37BNO10P. The molecule has 3 N–H and O–H groups in total. The zero-order valence-corrected chi connectivity index (χ0v) is 25.1. The maximum atomic E-state index is 14.3. The molecule has 5 heterocycles. The normalized spacial score (nSPS) is 57.4. The van der Waals surface area contributed by atoms with E-state index in [1.165, 1.54) is 6.66 Å². The summed E-state index contributed by atoms with van der Waals surface area (Å²) in [6.07, 6.45) is 0.599. The van der Waals surface area contributed by atoms with Gasteiger partial charge >= 0.3 is 20.7 Å². The van der Waals surface area contributed by atoms with Gasteiger partial charge in [-0.05, 0) is 49.7 Å². The molecule has 8 aliphatic rings. The smallest absolute Gasteiger partial charge is 0.451 e. The van der Waals surface area contributed by atoms with Crippen LogP contribution >= 0.6 is 7.60 Å². The molecule has 1 aromatic rings. The number of hydrogen-bond donors (Lipinski definition) is 3. The van der Waals surface area contributed by atoms with Crippen molar-refractivity contribution in [1.82, 2.24) is 4.98 Å². The molecule has 4 aliphatic heterocycles. The van der Waals surface area contributed by atoms with Crippen molar-refractivity contribution in [2.45, 2.75) is 106 Å². The molecule has 9 rings (SSSR count). The minimum absolute atomic E-state index is 0.00140. The fourth-order valence-corrected chi connectivity index (χ4v) is 12.8. The third kappa shape index (κ3) is 2.15. The van der Waals surface area contributed by atoms with Crippen LogP contribution in [0.2, 0.25) is 6.32 Å². The topological polar surface area (TPSA) is 146 Å². The summed E-state index contributed by atoms with van der Waals surface area (Å²) in [5.74, 6) is -3.32. The molecule has 222 valence electrons. The largest absolute Gasteiger partial charge is 0.457 e. The zero-order valence-electron chi connectivity index (χ0n) is 24.2. The Labute approximate surface area is 238 Å². The highest BCUT2D eigenvalue weighted by molar-refractivity contribution is 7.53. The number of nitrogens with one attached hydrogen (secondary N) is 1. The summed E-state index contributed by atoms with van der Waals surface area (Å²) in [5.41, 5.74) is -10.3. The minimum Gasteiger partial charge on any atom is -0.451 e. The number of aliphatic hydroxyl groups is 2. The Morgan fingerprint density at radius 1 is 1.29 bits per heavy atom. The second-order valence-corrected chi connectivity index (χ2v) is 15.9. The van der Waals surface area contributed by atoms with Crippen molar-refractivity contribution < 1.29 is 47.4 Å². The third-order valence-corrected chi connectivity index (χ3v) is 13.6. The van der Waals surface area contributed by atoms with Gasteiger partial charge in [0.25, 0.3) is 0 Å². The first-order chi connectivity index (χ1) is 19.0. The molecule has 11 nitrogen and oxygen atoms in total. The van der Waals surface area contributed by atoms with Crippen LogP contribution in [0.15, 0.2) is 30.5 Å². The molecule has 4 aliphatic carbocycles. The standard InChI is InChI=1S/C28H37BNO10P/c1-8-29-38-23-12-11-16(4)18-26(23)28(40-41(7,34)36-18)22(6)24(32,37-26)14-21(23,5)27(28,39-29)20(25(22,33)15(2)3)35-19(31)17-10-9-13-30-17/h9-10,13,15,18,20,30,32-33H,4,8,11-12,14H2,1-3,5-7H3/t18-,20-,21+,22-,23+,24+,25-,26-,27-,28+,41+/m1/s1. The monoisotopic (exact) mass is 589 g/mol. The highest BCUT2D eigenvalue weighted by Crippen LogP contribution is 2.96. The van der Waals surface area contributed by atoms with Gasteiger partial charge in [-0.15, -0.1) is 0 Å². The van der Waals surface area contributed by atoms with E-state index in [0.29, 0.717) is 24.7 Å². The van der Waals surface area contributed by atoms with Gasteiger partial charge in [-0.3, -0.25) is 13.6 Å². The molecule has 4 saturated heterocycles. The van der Waals surface area contributed by atoms with Crippen LogP contribution in [0.1, 0.15) is 64.4 Å². The SMILES string of the molecule is C=C1CC[C@@]23OB(CC)O[C@@]45[C@H](OC(=O)c6ccc[nH]6)[C@](O)(C(C)C)[C@]6(C)[C@@]47O[P@@](C)(=O)O[C@H]1[C@@]27O[C@@]6(O)C[C@@]35C. The third-order valence-electron chi connectivity index (χ3n) is 12.4. The highest BCUT2D eigenvalue weighted by Gasteiger charge is 3.13. The molecule has 0 radical (unpaired) electrons. The average Bonchev–Trinajstić information content (AvgIpc) is 3.50. The van der Waals surface area contributed by atoms with Crippen molar-refractivity contribution in [3.63, 3.8) is 0 Å². The van der Waals surface area contributed by atoms with Crippen LogP contribution in [0.5, 0.6) is 0 Å².